The van der Waals surface area contributed by atoms with Gasteiger partial charge in [-0.1, -0.05) is 36.4 Å². The molecule has 6 heteroatoms. The number of amides is 1. The average molecular weight is 393 g/mol. The van der Waals surface area contributed by atoms with Crippen molar-refractivity contribution < 1.29 is 23.8 Å². The highest BCUT2D eigenvalue weighted by atomic mass is 19.1. The van der Waals surface area contributed by atoms with Crippen molar-refractivity contribution in [2.75, 3.05) is 0 Å². The van der Waals surface area contributed by atoms with Crippen molar-refractivity contribution >= 4 is 11.9 Å². The van der Waals surface area contributed by atoms with Crippen molar-refractivity contribution in [3.05, 3.63) is 89.7 Å². The first-order valence-corrected chi connectivity index (χ1v) is 9.05. The molecule has 1 amide bonds. The Balaban J connectivity index is 1.55. The maximum atomic E-state index is 12.9. The van der Waals surface area contributed by atoms with E-state index >= 15 is 0 Å². The number of esters is 1. The fourth-order valence-electron chi connectivity index (χ4n) is 2.67. The van der Waals surface area contributed by atoms with E-state index in [1.54, 1.807) is 60.7 Å². The van der Waals surface area contributed by atoms with Crippen LogP contribution in [0.2, 0.25) is 0 Å². The van der Waals surface area contributed by atoms with Crippen LogP contribution < -0.4 is 5.32 Å². The van der Waals surface area contributed by atoms with Gasteiger partial charge in [0.05, 0.1) is 5.56 Å². The quantitative estimate of drug-likeness (QED) is 0.620. The molecule has 148 valence electrons. The summed E-state index contributed by atoms with van der Waals surface area (Å²) in [6.07, 6.45) is -0.972. The Morgan fingerprint density at radius 3 is 2.07 bits per heavy atom. The summed E-state index contributed by atoms with van der Waals surface area (Å²) in [5.41, 5.74) is 2.84. The van der Waals surface area contributed by atoms with Gasteiger partial charge < -0.3 is 15.2 Å². The topological polar surface area (TPSA) is 75.6 Å². The minimum Gasteiger partial charge on any atom is -0.508 e. The zero-order valence-electron chi connectivity index (χ0n) is 15.8. The summed E-state index contributed by atoms with van der Waals surface area (Å²) in [5, 5.41) is 12.0. The normalized spacial score (nSPS) is 11.5. The Kier molecular flexibility index (Phi) is 6.24. The minimum absolute atomic E-state index is 0.181. The van der Waals surface area contributed by atoms with Crippen LogP contribution >= 0.6 is 0 Å². The first-order chi connectivity index (χ1) is 13.9. The lowest BCUT2D eigenvalue weighted by atomic mass is 10.0. The third kappa shape index (κ3) is 5.42. The molecule has 3 rings (SSSR count). The van der Waals surface area contributed by atoms with E-state index < -0.39 is 18.0 Å². The summed E-state index contributed by atoms with van der Waals surface area (Å²) >= 11 is 0. The van der Waals surface area contributed by atoms with Crippen LogP contribution in [0.4, 0.5) is 4.39 Å². The van der Waals surface area contributed by atoms with E-state index in [1.807, 2.05) is 0 Å². The molecule has 0 saturated heterocycles. The number of halogens is 1. The molecular formula is C23H20FNO4. The Bertz CT molecular complexity index is 983. The molecule has 0 fully saturated rings. The van der Waals surface area contributed by atoms with Crippen molar-refractivity contribution in [1.82, 2.24) is 5.32 Å². The van der Waals surface area contributed by atoms with Crippen LogP contribution in [0.5, 0.6) is 5.75 Å². The molecule has 5 nitrogen and oxygen atoms in total. The van der Waals surface area contributed by atoms with Gasteiger partial charge in [-0.15, -0.1) is 0 Å². The predicted molar refractivity (Wildman–Crippen MR) is 107 cm³/mol. The molecule has 0 heterocycles. The van der Waals surface area contributed by atoms with E-state index in [9.17, 15) is 19.1 Å². The van der Waals surface area contributed by atoms with Gasteiger partial charge in [0.25, 0.3) is 5.91 Å². The minimum atomic E-state index is -0.972. The smallest absolute Gasteiger partial charge is 0.338 e. The molecule has 3 aromatic rings. The molecule has 0 aliphatic rings. The number of aromatic hydroxyl groups is 1. The van der Waals surface area contributed by atoms with Crippen LogP contribution in [0.15, 0.2) is 72.8 Å². The maximum absolute atomic E-state index is 12.9. The number of phenolic OH excluding ortho intramolecular Hbond substituents is 1. The summed E-state index contributed by atoms with van der Waals surface area (Å²) in [7, 11) is 0. The largest absolute Gasteiger partial charge is 0.508 e. The molecule has 0 saturated carbocycles. The summed E-state index contributed by atoms with van der Waals surface area (Å²) in [6.45, 7) is 1.70. The summed E-state index contributed by atoms with van der Waals surface area (Å²) in [5.74, 6) is -1.21. The highest BCUT2D eigenvalue weighted by molar-refractivity contribution is 5.92. The number of benzene rings is 3. The number of rotatable bonds is 6. The van der Waals surface area contributed by atoms with Gasteiger partial charge in [-0.05, 0) is 60.0 Å². The summed E-state index contributed by atoms with van der Waals surface area (Å²) in [6, 6.07) is 19.3. The number of carbonyl (C=O) groups excluding carboxylic acids is 2. The van der Waals surface area contributed by atoms with Gasteiger partial charge in [0.2, 0.25) is 0 Å². The highest BCUT2D eigenvalue weighted by Crippen LogP contribution is 2.22. The molecule has 3 aromatic carbocycles. The van der Waals surface area contributed by atoms with Crippen LogP contribution in [0.3, 0.4) is 0 Å². The average Bonchev–Trinajstić information content (AvgIpc) is 2.73. The lowest BCUT2D eigenvalue weighted by Gasteiger charge is -2.14. The predicted octanol–water partition coefficient (Wildman–Crippen LogP) is 4.06. The van der Waals surface area contributed by atoms with Crippen LogP contribution in [0.1, 0.15) is 22.8 Å². The van der Waals surface area contributed by atoms with Gasteiger partial charge in [0.1, 0.15) is 11.6 Å². The summed E-state index contributed by atoms with van der Waals surface area (Å²) < 4.78 is 18.1. The molecule has 0 radical (unpaired) electrons. The fourth-order valence-corrected chi connectivity index (χ4v) is 2.67. The monoisotopic (exact) mass is 393 g/mol. The van der Waals surface area contributed by atoms with Crippen LogP contribution in [0, 0.1) is 5.82 Å². The first kappa shape index (κ1) is 20.1. The number of phenols is 1. The van der Waals surface area contributed by atoms with Crippen molar-refractivity contribution in [3.63, 3.8) is 0 Å². The zero-order valence-corrected chi connectivity index (χ0v) is 15.8. The Labute approximate surface area is 167 Å². The molecule has 0 bridgehead atoms. The second kappa shape index (κ2) is 9.01. The van der Waals surface area contributed by atoms with Crippen molar-refractivity contribution in [1.29, 1.82) is 0 Å². The lowest BCUT2D eigenvalue weighted by molar-refractivity contribution is -0.129. The van der Waals surface area contributed by atoms with Gasteiger partial charge >= 0.3 is 5.97 Å². The zero-order chi connectivity index (χ0) is 20.8. The number of carbonyl (C=O) groups is 2. The number of ether oxygens (including phenoxy) is 1. The van der Waals surface area contributed by atoms with E-state index in [2.05, 4.69) is 5.32 Å². The molecule has 2 N–H and O–H groups in total. The number of nitrogens with one attached hydrogen (secondary N) is 1. The molecule has 0 aliphatic carbocycles. The van der Waals surface area contributed by atoms with Crippen LogP contribution in [0.25, 0.3) is 11.1 Å². The second-order valence-corrected chi connectivity index (χ2v) is 6.52. The second-order valence-electron chi connectivity index (χ2n) is 6.52. The van der Waals surface area contributed by atoms with Crippen molar-refractivity contribution in [2.45, 2.75) is 19.6 Å². The van der Waals surface area contributed by atoms with E-state index in [-0.39, 0.29) is 18.1 Å². The van der Waals surface area contributed by atoms with Crippen molar-refractivity contribution in [3.8, 4) is 16.9 Å². The molecule has 29 heavy (non-hydrogen) atoms. The van der Waals surface area contributed by atoms with E-state index in [0.717, 1.165) is 16.7 Å². The number of hydrogen-bond acceptors (Lipinski definition) is 4. The Morgan fingerprint density at radius 2 is 1.48 bits per heavy atom. The van der Waals surface area contributed by atoms with E-state index in [1.165, 1.54) is 19.1 Å². The molecule has 1 atom stereocenters. The molecule has 0 aliphatic heterocycles. The third-order valence-electron chi connectivity index (χ3n) is 4.35. The summed E-state index contributed by atoms with van der Waals surface area (Å²) in [4.78, 5) is 24.4. The van der Waals surface area contributed by atoms with E-state index in [0.29, 0.717) is 5.56 Å². The molecule has 0 aromatic heterocycles. The number of hydrogen-bond donors (Lipinski definition) is 2. The van der Waals surface area contributed by atoms with Gasteiger partial charge in [0.15, 0.2) is 6.10 Å². The molecule has 0 spiro atoms. The van der Waals surface area contributed by atoms with Gasteiger partial charge in [-0.3, -0.25) is 4.79 Å². The van der Waals surface area contributed by atoms with Gasteiger partial charge in [0, 0.05) is 6.54 Å². The molecule has 0 unspecified atom stereocenters. The SMILES string of the molecule is C[C@@H](OC(=O)c1ccc(-c2ccc(O)cc2)cc1)C(=O)NCc1ccc(F)cc1. The van der Waals surface area contributed by atoms with Crippen molar-refractivity contribution in [2.24, 2.45) is 0 Å². The van der Waals surface area contributed by atoms with Gasteiger partial charge in [-0.2, -0.15) is 0 Å². The van der Waals surface area contributed by atoms with Crippen LogP contribution in [-0.4, -0.2) is 23.1 Å². The van der Waals surface area contributed by atoms with Crippen LogP contribution in [-0.2, 0) is 16.1 Å². The maximum Gasteiger partial charge on any atom is 0.338 e. The first-order valence-electron chi connectivity index (χ1n) is 9.05. The lowest BCUT2D eigenvalue weighted by Crippen LogP contribution is -2.35. The Morgan fingerprint density at radius 1 is 0.931 bits per heavy atom. The fraction of sp³-hybridized carbons (Fsp3) is 0.130. The Hall–Kier alpha value is -3.67. The highest BCUT2D eigenvalue weighted by Gasteiger charge is 2.18. The molecular weight excluding hydrogens is 373 g/mol. The standard InChI is InChI=1S/C23H20FNO4/c1-15(22(27)25-14-16-2-10-20(24)11-3-16)29-23(28)19-6-4-17(5-7-19)18-8-12-21(26)13-9-18/h2-13,15,26H,14H2,1H3,(H,25,27)/t15-/m1/s1. The third-order valence-corrected chi connectivity index (χ3v) is 4.35. The van der Waals surface area contributed by atoms with Gasteiger partial charge in [-0.25, -0.2) is 9.18 Å². The van der Waals surface area contributed by atoms with E-state index in [4.69, 9.17) is 4.74 Å².